The third-order valence-electron chi connectivity index (χ3n) is 3.83. The second kappa shape index (κ2) is 6.99. The van der Waals surface area contributed by atoms with Gasteiger partial charge in [-0.15, -0.1) is 0 Å². The van der Waals surface area contributed by atoms with Crippen LogP contribution in [0.5, 0.6) is 5.75 Å². The summed E-state index contributed by atoms with van der Waals surface area (Å²) in [5, 5.41) is 12.9. The van der Waals surface area contributed by atoms with Crippen molar-refractivity contribution in [1.82, 2.24) is 5.32 Å². The van der Waals surface area contributed by atoms with Crippen molar-refractivity contribution in [2.45, 2.75) is 44.2 Å². The first kappa shape index (κ1) is 15.2. The summed E-state index contributed by atoms with van der Waals surface area (Å²) >= 11 is 0. The van der Waals surface area contributed by atoms with Crippen molar-refractivity contribution in [1.29, 1.82) is 0 Å². The van der Waals surface area contributed by atoms with E-state index in [0.717, 1.165) is 31.2 Å². The Kier molecular flexibility index (Phi) is 5.31. The summed E-state index contributed by atoms with van der Waals surface area (Å²) in [5.74, 6) is 0.451. The minimum absolute atomic E-state index is 0.148. The van der Waals surface area contributed by atoms with Gasteiger partial charge in [0.05, 0.1) is 6.61 Å². The maximum atomic E-state index is 12.0. The third kappa shape index (κ3) is 4.15. The summed E-state index contributed by atoms with van der Waals surface area (Å²) in [7, 11) is 0. The Morgan fingerprint density at radius 2 is 1.85 bits per heavy atom. The molecule has 0 atom stereocenters. The minimum atomic E-state index is -2.46. The number of hydrogen-bond acceptors (Lipinski definition) is 3. The predicted octanol–water partition coefficient (Wildman–Crippen LogP) is 2.73. The van der Waals surface area contributed by atoms with E-state index in [1.807, 2.05) is 12.1 Å². The van der Waals surface area contributed by atoms with E-state index in [4.69, 9.17) is 4.74 Å². The third-order valence-corrected chi connectivity index (χ3v) is 3.83. The topological polar surface area (TPSA) is 41.5 Å². The molecule has 0 saturated heterocycles. The van der Waals surface area contributed by atoms with Gasteiger partial charge < -0.3 is 15.2 Å². The fourth-order valence-electron chi connectivity index (χ4n) is 2.59. The minimum Gasteiger partial charge on any atom is -0.488 e. The first-order chi connectivity index (χ1) is 9.63. The van der Waals surface area contributed by atoms with Crippen molar-refractivity contribution in [3.05, 3.63) is 29.8 Å². The van der Waals surface area contributed by atoms with Crippen molar-refractivity contribution in [3.63, 3.8) is 0 Å². The largest absolute Gasteiger partial charge is 0.488 e. The number of alkyl halides is 2. The van der Waals surface area contributed by atoms with Gasteiger partial charge >= 0.3 is 0 Å². The van der Waals surface area contributed by atoms with Crippen LogP contribution < -0.4 is 10.1 Å². The highest BCUT2D eigenvalue weighted by Crippen LogP contribution is 2.29. The Hall–Kier alpha value is -1.20. The van der Waals surface area contributed by atoms with E-state index in [0.29, 0.717) is 12.3 Å². The SMILES string of the molecule is OCC1(NCc2ccc(OCC(F)F)cc2)CCCC1. The standard InChI is InChI=1S/C15H21F2NO2/c16-14(17)10-20-13-5-3-12(4-6-13)9-18-15(11-19)7-1-2-8-15/h3-6,14,18-19H,1-2,7-11H2. The van der Waals surface area contributed by atoms with Crippen molar-refractivity contribution < 1.29 is 18.6 Å². The molecular weight excluding hydrogens is 264 g/mol. The number of nitrogens with one attached hydrogen (secondary N) is 1. The zero-order valence-electron chi connectivity index (χ0n) is 11.4. The molecule has 112 valence electrons. The van der Waals surface area contributed by atoms with E-state index in [1.54, 1.807) is 12.1 Å². The fourth-order valence-corrected chi connectivity index (χ4v) is 2.59. The van der Waals surface area contributed by atoms with Gasteiger partial charge in [0.2, 0.25) is 0 Å². The van der Waals surface area contributed by atoms with Crippen molar-refractivity contribution >= 4 is 0 Å². The Bertz CT molecular complexity index is 403. The number of hydrogen-bond donors (Lipinski definition) is 2. The van der Waals surface area contributed by atoms with Crippen molar-refractivity contribution in [3.8, 4) is 5.75 Å². The molecule has 1 aliphatic carbocycles. The molecule has 1 aliphatic rings. The summed E-state index contributed by atoms with van der Waals surface area (Å²) in [6, 6.07) is 7.10. The van der Waals surface area contributed by atoms with Gasteiger partial charge in [-0.3, -0.25) is 0 Å². The van der Waals surface area contributed by atoms with Crippen LogP contribution in [0.2, 0.25) is 0 Å². The summed E-state index contributed by atoms with van der Waals surface area (Å²) in [6.07, 6.45) is 1.84. The highest BCUT2D eigenvalue weighted by molar-refractivity contribution is 5.27. The molecule has 1 aromatic carbocycles. The Morgan fingerprint density at radius 1 is 1.20 bits per heavy atom. The van der Waals surface area contributed by atoms with Gasteiger partial charge in [0, 0.05) is 12.1 Å². The fraction of sp³-hybridized carbons (Fsp3) is 0.600. The van der Waals surface area contributed by atoms with Gasteiger partial charge in [-0.25, -0.2) is 8.78 Å². The second-order valence-electron chi connectivity index (χ2n) is 5.35. The zero-order valence-corrected chi connectivity index (χ0v) is 11.4. The van der Waals surface area contributed by atoms with Crippen LogP contribution in [0.25, 0.3) is 0 Å². The predicted molar refractivity (Wildman–Crippen MR) is 73.1 cm³/mol. The van der Waals surface area contributed by atoms with Gasteiger partial charge in [-0.05, 0) is 30.5 Å². The van der Waals surface area contributed by atoms with Crippen LogP contribution in [0.15, 0.2) is 24.3 Å². The lowest BCUT2D eigenvalue weighted by atomic mass is 9.98. The van der Waals surface area contributed by atoms with E-state index in [-0.39, 0.29) is 12.1 Å². The van der Waals surface area contributed by atoms with Gasteiger partial charge in [-0.2, -0.15) is 0 Å². The number of aliphatic hydroxyl groups excluding tert-OH is 1. The van der Waals surface area contributed by atoms with E-state index in [2.05, 4.69) is 5.32 Å². The van der Waals surface area contributed by atoms with Crippen LogP contribution >= 0.6 is 0 Å². The van der Waals surface area contributed by atoms with Crippen LogP contribution in [-0.2, 0) is 6.54 Å². The van der Waals surface area contributed by atoms with Gasteiger partial charge in [0.1, 0.15) is 12.4 Å². The van der Waals surface area contributed by atoms with Crippen LogP contribution in [-0.4, -0.2) is 30.3 Å². The van der Waals surface area contributed by atoms with Crippen LogP contribution in [0.3, 0.4) is 0 Å². The lowest BCUT2D eigenvalue weighted by Crippen LogP contribution is -2.45. The first-order valence-corrected chi connectivity index (χ1v) is 6.99. The van der Waals surface area contributed by atoms with E-state index < -0.39 is 13.0 Å². The number of halogens is 2. The van der Waals surface area contributed by atoms with E-state index >= 15 is 0 Å². The van der Waals surface area contributed by atoms with E-state index in [1.165, 1.54) is 0 Å². The highest BCUT2D eigenvalue weighted by Gasteiger charge is 2.32. The van der Waals surface area contributed by atoms with Gasteiger partial charge in [-0.1, -0.05) is 25.0 Å². The van der Waals surface area contributed by atoms with Crippen LogP contribution in [0.4, 0.5) is 8.78 Å². The number of ether oxygens (including phenoxy) is 1. The van der Waals surface area contributed by atoms with E-state index in [9.17, 15) is 13.9 Å². The second-order valence-corrected chi connectivity index (χ2v) is 5.35. The molecule has 1 saturated carbocycles. The molecule has 0 heterocycles. The molecule has 0 radical (unpaired) electrons. The molecule has 0 unspecified atom stereocenters. The first-order valence-electron chi connectivity index (χ1n) is 6.99. The summed E-state index contributed by atoms with van der Waals surface area (Å²) in [4.78, 5) is 0. The molecule has 2 N–H and O–H groups in total. The molecule has 1 fully saturated rings. The highest BCUT2D eigenvalue weighted by atomic mass is 19.3. The summed E-state index contributed by atoms with van der Waals surface area (Å²) < 4.78 is 29.0. The molecule has 0 spiro atoms. The quantitative estimate of drug-likeness (QED) is 0.809. The van der Waals surface area contributed by atoms with Gasteiger partial charge in [0.15, 0.2) is 0 Å². The molecule has 2 rings (SSSR count). The lowest BCUT2D eigenvalue weighted by molar-refractivity contribution is 0.0819. The van der Waals surface area contributed by atoms with Crippen LogP contribution in [0.1, 0.15) is 31.2 Å². The Labute approximate surface area is 117 Å². The van der Waals surface area contributed by atoms with Crippen LogP contribution in [0, 0.1) is 0 Å². The molecule has 3 nitrogen and oxygen atoms in total. The molecule has 0 aliphatic heterocycles. The molecule has 1 aromatic rings. The molecule has 0 bridgehead atoms. The average Bonchev–Trinajstić information content (AvgIpc) is 2.93. The van der Waals surface area contributed by atoms with Gasteiger partial charge in [0.25, 0.3) is 6.43 Å². The number of rotatable bonds is 7. The molecule has 0 amide bonds. The molecule has 20 heavy (non-hydrogen) atoms. The average molecular weight is 285 g/mol. The Balaban J connectivity index is 1.84. The van der Waals surface area contributed by atoms with Crippen molar-refractivity contribution in [2.75, 3.05) is 13.2 Å². The molecule has 0 aromatic heterocycles. The zero-order chi connectivity index (χ0) is 14.4. The Morgan fingerprint density at radius 3 is 2.40 bits per heavy atom. The maximum Gasteiger partial charge on any atom is 0.272 e. The normalized spacial score (nSPS) is 17.6. The maximum absolute atomic E-state index is 12.0. The summed E-state index contributed by atoms with van der Waals surface area (Å²) in [6.45, 7) is 0.240. The monoisotopic (exact) mass is 285 g/mol. The number of benzene rings is 1. The lowest BCUT2D eigenvalue weighted by Gasteiger charge is -2.28. The molecule has 5 heteroatoms. The number of aliphatic hydroxyl groups is 1. The summed E-state index contributed by atoms with van der Waals surface area (Å²) in [5.41, 5.74) is 0.902. The molecular formula is C15H21F2NO2. The smallest absolute Gasteiger partial charge is 0.272 e. The van der Waals surface area contributed by atoms with Crippen molar-refractivity contribution in [2.24, 2.45) is 0 Å².